The second kappa shape index (κ2) is 6.22. The van der Waals surface area contributed by atoms with Crippen molar-refractivity contribution in [2.45, 2.75) is 6.42 Å². The van der Waals surface area contributed by atoms with Gasteiger partial charge in [0.15, 0.2) is 0 Å². The van der Waals surface area contributed by atoms with Gasteiger partial charge in [0, 0.05) is 31.1 Å². The summed E-state index contributed by atoms with van der Waals surface area (Å²) in [5.74, 6) is 0.942. The fourth-order valence-electron chi connectivity index (χ4n) is 2.65. The van der Waals surface area contributed by atoms with Crippen LogP contribution in [-0.2, 0) is 10.2 Å². The number of nitrogens with one attached hydrogen (secondary N) is 1. The predicted molar refractivity (Wildman–Crippen MR) is 85.3 cm³/mol. The lowest BCUT2D eigenvalue weighted by atomic mass is 9.95. The number of hydrogen-bond acceptors (Lipinski definition) is 7. The summed E-state index contributed by atoms with van der Waals surface area (Å²) in [7, 11) is -2.04. The molecule has 0 aliphatic carbocycles. The summed E-state index contributed by atoms with van der Waals surface area (Å²) >= 11 is 0. The van der Waals surface area contributed by atoms with Gasteiger partial charge in [0.05, 0.1) is 25.2 Å². The fraction of sp³-hybridized carbons (Fsp3) is 0.462. The smallest absolute Gasteiger partial charge is 0.274 e. The molecule has 0 atom stereocenters. The predicted octanol–water partition coefficient (Wildman–Crippen LogP) is -0.347. The molecule has 10 heteroatoms. The molecule has 1 fully saturated rings. The number of nitrogens with zero attached hydrogens (tertiary/aromatic N) is 4. The molecule has 3 heterocycles. The molecule has 0 amide bonds. The summed E-state index contributed by atoms with van der Waals surface area (Å²) in [5.41, 5.74) is 1.69. The van der Waals surface area contributed by atoms with E-state index in [1.54, 1.807) is 19.5 Å². The summed E-state index contributed by atoms with van der Waals surface area (Å²) in [6.07, 6.45) is 4.10. The Labute approximate surface area is 134 Å². The minimum absolute atomic E-state index is 0.352. The number of rotatable bonds is 6. The van der Waals surface area contributed by atoms with Crippen LogP contribution >= 0.6 is 0 Å². The van der Waals surface area contributed by atoms with Crippen LogP contribution in [0.3, 0.4) is 0 Å². The number of pyridine rings is 1. The number of hydrogen-bond donors (Lipinski definition) is 2. The number of methoxy groups -OCH3 is 1. The van der Waals surface area contributed by atoms with Gasteiger partial charge in [0.1, 0.15) is 5.52 Å². The maximum atomic E-state index is 10.8. The molecule has 3 N–H and O–H groups in total. The average molecular weight is 338 g/mol. The van der Waals surface area contributed by atoms with Crippen LogP contribution in [0.5, 0.6) is 5.88 Å². The molecule has 1 aliphatic heterocycles. The molecular formula is C13H18N6O3S. The Bertz CT molecular complexity index is 806. The maximum Gasteiger partial charge on any atom is 0.274 e. The molecule has 3 rings (SSSR count). The first kappa shape index (κ1) is 15.8. The third-order valence-electron chi connectivity index (χ3n) is 3.84. The topological polar surface area (TPSA) is 123 Å². The zero-order valence-corrected chi connectivity index (χ0v) is 13.5. The van der Waals surface area contributed by atoms with E-state index in [0.717, 1.165) is 30.6 Å². The van der Waals surface area contributed by atoms with Gasteiger partial charge in [-0.05, 0) is 12.3 Å². The quantitative estimate of drug-likeness (QED) is 0.738. The van der Waals surface area contributed by atoms with E-state index in [-0.39, 0.29) is 0 Å². The fourth-order valence-corrected chi connectivity index (χ4v) is 3.05. The highest BCUT2D eigenvalue weighted by Crippen LogP contribution is 2.32. The number of ether oxygens (including phenoxy) is 1. The Balaban J connectivity index is 1.66. The molecule has 0 unspecified atom stereocenters. The van der Waals surface area contributed by atoms with Gasteiger partial charge < -0.3 is 9.64 Å². The van der Waals surface area contributed by atoms with Crippen molar-refractivity contribution in [2.75, 3.05) is 31.6 Å². The highest BCUT2D eigenvalue weighted by atomic mass is 32.2. The zero-order chi connectivity index (χ0) is 16.4. The van der Waals surface area contributed by atoms with Crippen molar-refractivity contribution in [3.63, 3.8) is 0 Å². The van der Waals surface area contributed by atoms with E-state index in [9.17, 15) is 8.42 Å². The van der Waals surface area contributed by atoms with E-state index < -0.39 is 10.2 Å². The Morgan fingerprint density at radius 3 is 2.91 bits per heavy atom. The minimum atomic E-state index is -3.61. The van der Waals surface area contributed by atoms with Crippen LogP contribution in [0.2, 0.25) is 0 Å². The van der Waals surface area contributed by atoms with Crippen LogP contribution in [0.4, 0.5) is 5.69 Å². The van der Waals surface area contributed by atoms with E-state index in [1.807, 2.05) is 6.07 Å². The van der Waals surface area contributed by atoms with Crippen LogP contribution in [-0.4, -0.2) is 50.3 Å². The second-order valence-electron chi connectivity index (χ2n) is 5.47. The highest BCUT2D eigenvalue weighted by Gasteiger charge is 2.28. The van der Waals surface area contributed by atoms with E-state index in [2.05, 4.69) is 24.8 Å². The molecule has 0 bridgehead atoms. The van der Waals surface area contributed by atoms with Crippen molar-refractivity contribution in [1.29, 1.82) is 0 Å². The third kappa shape index (κ3) is 3.66. The van der Waals surface area contributed by atoms with Crippen molar-refractivity contribution in [2.24, 2.45) is 11.1 Å². The third-order valence-corrected chi connectivity index (χ3v) is 4.45. The lowest BCUT2D eigenvalue weighted by Crippen LogP contribution is -2.48. The monoisotopic (exact) mass is 338 g/mol. The van der Waals surface area contributed by atoms with Crippen LogP contribution in [0.15, 0.2) is 18.5 Å². The second-order valence-corrected chi connectivity index (χ2v) is 6.85. The van der Waals surface area contributed by atoms with Gasteiger partial charge in [0.2, 0.25) is 5.88 Å². The molecule has 2 aromatic rings. The van der Waals surface area contributed by atoms with Gasteiger partial charge in [-0.3, -0.25) is 0 Å². The van der Waals surface area contributed by atoms with Crippen LogP contribution in [0.25, 0.3) is 10.9 Å². The van der Waals surface area contributed by atoms with Gasteiger partial charge in [-0.15, -0.1) is 5.10 Å². The molecule has 23 heavy (non-hydrogen) atoms. The first-order valence-electron chi connectivity index (χ1n) is 7.14. The van der Waals surface area contributed by atoms with Gasteiger partial charge in [-0.2, -0.15) is 13.5 Å². The maximum absolute atomic E-state index is 10.8. The zero-order valence-electron chi connectivity index (χ0n) is 12.6. The molecule has 124 valence electrons. The standard InChI is InChI=1S/C13H18N6O3S/c1-22-13-4-10-11(5-15-13)18-16-6-12(10)19-7-9(8-19)2-3-17-23(14,20)21/h4-6,9,17H,2-3,7-8H2,1H3,(H2,14,20,21). The molecule has 0 spiro atoms. The first-order chi connectivity index (χ1) is 11.0. The molecule has 0 radical (unpaired) electrons. The number of nitrogens with two attached hydrogens (primary N) is 1. The van der Waals surface area contributed by atoms with Crippen molar-refractivity contribution in [3.05, 3.63) is 18.5 Å². The highest BCUT2D eigenvalue weighted by molar-refractivity contribution is 7.87. The van der Waals surface area contributed by atoms with E-state index in [1.165, 1.54) is 0 Å². The summed E-state index contributed by atoms with van der Waals surface area (Å²) in [6, 6.07) is 1.84. The van der Waals surface area contributed by atoms with Crippen molar-refractivity contribution < 1.29 is 13.2 Å². The van der Waals surface area contributed by atoms with Crippen molar-refractivity contribution in [3.8, 4) is 5.88 Å². The Morgan fingerprint density at radius 2 is 2.22 bits per heavy atom. The Hall–Kier alpha value is -2.04. The van der Waals surface area contributed by atoms with Crippen LogP contribution in [0, 0.1) is 5.92 Å². The van der Waals surface area contributed by atoms with Gasteiger partial charge >= 0.3 is 0 Å². The van der Waals surface area contributed by atoms with E-state index in [4.69, 9.17) is 9.88 Å². The molecule has 9 nitrogen and oxygen atoms in total. The average Bonchev–Trinajstić information content (AvgIpc) is 2.47. The van der Waals surface area contributed by atoms with E-state index in [0.29, 0.717) is 23.9 Å². The van der Waals surface area contributed by atoms with Crippen LogP contribution in [0.1, 0.15) is 6.42 Å². The van der Waals surface area contributed by atoms with Gasteiger partial charge in [-0.25, -0.2) is 14.8 Å². The largest absolute Gasteiger partial charge is 0.481 e. The summed E-state index contributed by atoms with van der Waals surface area (Å²) < 4.78 is 29.1. The van der Waals surface area contributed by atoms with Crippen LogP contribution < -0.4 is 19.5 Å². The lowest BCUT2D eigenvalue weighted by Gasteiger charge is -2.41. The van der Waals surface area contributed by atoms with Crippen molar-refractivity contribution in [1.82, 2.24) is 19.9 Å². The van der Waals surface area contributed by atoms with E-state index >= 15 is 0 Å². The molecule has 1 aliphatic rings. The SMILES string of the molecule is COc1cc2c(N3CC(CCNS(N)(=O)=O)C3)cnnc2cn1. The van der Waals surface area contributed by atoms with Gasteiger partial charge in [-0.1, -0.05) is 0 Å². The summed E-state index contributed by atoms with van der Waals surface area (Å²) in [4.78, 5) is 6.31. The molecule has 0 aromatic carbocycles. The summed E-state index contributed by atoms with van der Waals surface area (Å²) in [5, 5.41) is 13.9. The molecular weight excluding hydrogens is 320 g/mol. The molecule has 2 aromatic heterocycles. The Morgan fingerprint density at radius 1 is 1.43 bits per heavy atom. The van der Waals surface area contributed by atoms with Gasteiger partial charge in [0.25, 0.3) is 10.2 Å². The Kier molecular flexibility index (Phi) is 4.28. The first-order valence-corrected chi connectivity index (χ1v) is 8.68. The number of anilines is 1. The van der Waals surface area contributed by atoms with Crippen molar-refractivity contribution >= 4 is 26.8 Å². The minimum Gasteiger partial charge on any atom is -0.481 e. The normalized spacial score (nSPS) is 15.7. The lowest BCUT2D eigenvalue weighted by molar-refractivity contribution is 0.384. The molecule has 0 saturated carbocycles. The summed E-state index contributed by atoms with van der Waals surface area (Å²) in [6.45, 7) is 2.01. The number of fused-ring (bicyclic) bond motifs is 1. The molecule has 1 saturated heterocycles. The number of aromatic nitrogens is 3.